The van der Waals surface area contributed by atoms with Crippen molar-refractivity contribution in [1.29, 1.82) is 0 Å². The van der Waals surface area contributed by atoms with Crippen molar-refractivity contribution in [3.8, 4) is 11.3 Å². The Morgan fingerprint density at radius 1 is 1.14 bits per heavy atom. The number of carbonyl (C=O) groups excluding carboxylic acids is 2. The van der Waals surface area contributed by atoms with E-state index in [1.807, 2.05) is 55.6 Å². The zero-order chi connectivity index (χ0) is 20.6. The summed E-state index contributed by atoms with van der Waals surface area (Å²) in [6.07, 6.45) is 3.48. The maximum Gasteiger partial charge on any atom is 0.234 e. The smallest absolute Gasteiger partial charge is 0.234 e. The van der Waals surface area contributed by atoms with Gasteiger partial charge in [0.2, 0.25) is 11.8 Å². The summed E-state index contributed by atoms with van der Waals surface area (Å²) in [5.74, 6) is 0.189. The molecule has 3 rings (SSSR count). The molecule has 0 saturated carbocycles. The van der Waals surface area contributed by atoms with Crippen molar-refractivity contribution in [2.24, 2.45) is 0 Å². The lowest BCUT2D eigenvalue weighted by Crippen LogP contribution is -2.28. The van der Waals surface area contributed by atoms with E-state index in [1.165, 1.54) is 23.1 Å². The third kappa shape index (κ3) is 6.40. The van der Waals surface area contributed by atoms with E-state index in [-0.39, 0.29) is 29.4 Å². The van der Waals surface area contributed by atoms with Gasteiger partial charge in [-0.1, -0.05) is 17.7 Å². The van der Waals surface area contributed by atoms with Gasteiger partial charge in [0, 0.05) is 29.0 Å². The van der Waals surface area contributed by atoms with Crippen LogP contribution in [0.25, 0.3) is 11.3 Å². The molecule has 0 radical (unpaired) electrons. The number of hydrogen-bond acceptors (Lipinski definition) is 6. The van der Waals surface area contributed by atoms with Crippen LogP contribution in [-0.2, 0) is 9.59 Å². The Morgan fingerprint density at radius 3 is 2.62 bits per heavy atom. The Labute approximate surface area is 178 Å². The van der Waals surface area contributed by atoms with E-state index in [0.29, 0.717) is 0 Å². The number of hydrogen-bond donors (Lipinski definition) is 2. The fraction of sp³-hybridized carbons (Fsp3) is 0.238. The lowest BCUT2D eigenvalue weighted by molar-refractivity contribution is -0.119. The molecule has 0 fully saturated rings. The normalized spacial score (nSPS) is 11.7. The van der Waals surface area contributed by atoms with Gasteiger partial charge >= 0.3 is 0 Å². The average molecular weight is 427 g/mol. The van der Waals surface area contributed by atoms with Crippen molar-refractivity contribution >= 4 is 40.6 Å². The molecule has 0 bridgehead atoms. The maximum atomic E-state index is 12.2. The fourth-order valence-corrected chi connectivity index (χ4v) is 4.01. The van der Waals surface area contributed by atoms with Crippen molar-refractivity contribution in [2.45, 2.75) is 19.9 Å². The third-order valence-electron chi connectivity index (χ3n) is 4.03. The van der Waals surface area contributed by atoms with Crippen molar-refractivity contribution in [3.05, 3.63) is 64.7 Å². The van der Waals surface area contributed by atoms with Crippen LogP contribution in [0, 0.1) is 6.92 Å². The van der Waals surface area contributed by atoms with E-state index < -0.39 is 0 Å². The predicted molar refractivity (Wildman–Crippen MR) is 119 cm³/mol. The summed E-state index contributed by atoms with van der Waals surface area (Å²) >= 11 is 2.78. The molecule has 1 atom stereocenters. The highest BCUT2D eigenvalue weighted by atomic mass is 32.2. The number of pyridine rings is 1. The van der Waals surface area contributed by atoms with E-state index in [9.17, 15) is 9.59 Å². The average Bonchev–Trinajstić information content (AvgIpc) is 3.21. The zero-order valence-corrected chi connectivity index (χ0v) is 17.8. The number of nitrogens with one attached hydrogen (secondary N) is 2. The molecule has 2 N–H and O–H groups in total. The van der Waals surface area contributed by atoms with Gasteiger partial charge < -0.3 is 10.6 Å². The first-order valence-corrected chi connectivity index (χ1v) is 11.1. The molecule has 2 amide bonds. The second-order valence-electron chi connectivity index (χ2n) is 6.51. The largest absolute Gasteiger partial charge is 0.346 e. The van der Waals surface area contributed by atoms with Gasteiger partial charge in [0.25, 0.3) is 0 Å². The topological polar surface area (TPSA) is 84.0 Å². The molecule has 1 unspecified atom stereocenters. The van der Waals surface area contributed by atoms with E-state index in [1.54, 1.807) is 12.4 Å². The highest BCUT2D eigenvalue weighted by molar-refractivity contribution is 8.00. The molecule has 0 aliphatic rings. The number of anilines is 1. The fourth-order valence-electron chi connectivity index (χ4n) is 2.55. The summed E-state index contributed by atoms with van der Waals surface area (Å²) in [4.78, 5) is 32.9. The summed E-state index contributed by atoms with van der Waals surface area (Å²) in [6.45, 7) is 3.89. The van der Waals surface area contributed by atoms with Gasteiger partial charge in [-0.15, -0.1) is 23.1 Å². The molecule has 2 heterocycles. The van der Waals surface area contributed by atoms with Crippen LogP contribution in [-0.4, -0.2) is 33.3 Å². The van der Waals surface area contributed by atoms with E-state index >= 15 is 0 Å². The molecule has 3 aromatic rings. The van der Waals surface area contributed by atoms with Gasteiger partial charge in [-0.3, -0.25) is 14.6 Å². The Kier molecular flexibility index (Phi) is 7.37. The molecule has 0 aliphatic heterocycles. The van der Waals surface area contributed by atoms with Gasteiger partial charge in [0.1, 0.15) is 5.01 Å². The highest BCUT2D eigenvalue weighted by Crippen LogP contribution is 2.24. The van der Waals surface area contributed by atoms with Crippen molar-refractivity contribution in [2.75, 3.05) is 16.8 Å². The summed E-state index contributed by atoms with van der Waals surface area (Å²) < 4.78 is 0. The number of benzene rings is 1. The van der Waals surface area contributed by atoms with E-state index in [2.05, 4.69) is 20.6 Å². The van der Waals surface area contributed by atoms with Crippen LogP contribution >= 0.6 is 23.1 Å². The van der Waals surface area contributed by atoms with Gasteiger partial charge in [-0.05, 0) is 38.1 Å². The summed E-state index contributed by atoms with van der Waals surface area (Å²) in [5.41, 5.74) is 3.69. The Bertz CT molecular complexity index is 958. The lowest BCUT2D eigenvalue weighted by atomic mass is 10.2. The minimum atomic E-state index is -0.195. The van der Waals surface area contributed by atoms with Gasteiger partial charge in [-0.25, -0.2) is 4.98 Å². The van der Waals surface area contributed by atoms with Crippen LogP contribution in [0.2, 0.25) is 0 Å². The lowest BCUT2D eigenvalue weighted by Gasteiger charge is -2.11. The van der Waals surface area contributed by atoms with Crippen LogP contribution in [0.3, 0.4) is 0 Å². The molecule has 0 aliphatic carbocycles. The number of aryl methyl sites for hydroxylation is 1. The Hall–Kier alpha value is -2.71. The van der Waals surface area contributed by atoms with Crippen LogP contribution in [0.5, 0.6) is 0 Å². The van der Waals surface area contributed by atoms with Gasteiger partial charge in [0.15, 0.2) is 0 Å². The molecule has 2 aromatic heterocycles. The number of amides is 2. The second-order valence-corrected chi connectivity index (χ2v) is 8.38. The Morgan fingerprint density at radius 2 is 1.90 bits per heavy atom. The third-order valence-corrected chi connectivity index (χ3v) is 5.99. The summed E-state index contributed by atoms with van der Waals surface area (Å²) in [5, 5.41) is 8.54. The first-order chi connectivity index (χ1) is 14.0. The molecule has 150 valence electrons. The first-order valence-electron chi connectivity index (χ1n) is 9.10. The van der Waals surface area contributed by atoms with Crippen molar-refractivity contribution < 1.29 is 9.59 Å². The molecule has 29 heavy (non-hydrogen) atoms. The molecule has 0 saturated heterocycles. The quantitative estimate of drug-likeness (QED) is 0.567. The van der Waals surface area contributed by atoms with Crippen LogP contribution in [0.1, 0.15) is 23.5 Å². The molecule has 1 aromatic carbocycles. The molecule has 6 nitrogen and oxygen atoms in total. The molecule has 8 heteroatoms. The molecule has 0 spiro atoms. The van der Waals surface area contributed by atoms with Crippen LogP contribution < -0.4 is 10.6 Å². The minimum Gasteiger partial charge on any atom is -0.346 e. The molecular formula is C21H22N4O2S2. The number of carbonyl (C=O) groups is 2. The number of rotatable bonds is 8. The number of aromatic nitrogens is 2. The zero-order valence-electron chi connectivity index (χ0n) is 16.2. The van der Waals surface area contributed by atoms with Crippen LogP contribution in [0.4, 0.5) is 5.69 Å². The van der Waals surface area contributed by atoms with Crippen molar-refractivity contribution in [3.63, 3.8) is 0 Å². The minimum absolute atomic E-state index is 0.122. The van der Waals surface area contributed by atoms with Crippen LogP contribution in [0.15, 0.2) is 54.2 Å². The molecular weight excluding hydrogens is 404 g/mol. The monoisotopic (exact) mass is 426 g/mol. The highest BCUT2D eigenvalue weighted by Gasteiger charge is 2.14. The summed E-state index contributed by atoms with van der Waals surface area (Å²) in [7, 11) is 0. The second kappa shape index (κ2) is 10.2. The van der Waals surface area contributed by atoms with Crippen molar-refractivity contribution in [1.82, 2.24) is 15.3 Å². The number of nitrogens with zero attached hydrogens (tertiary/aromatic N) is 2. The standard InChI is InChI=1S/C21H22N4O2S2/c1-14-5-7-17(8-6-14)24-20(27)13-28-12-19(26)23-15(2)21-25-18(11-29-21)16-4-3-9-22-10-16/h3-11,15H,12-13H2,1-2H3,(H,23,26)(H,24,27). The van der Waals surface area contributed by atoms with Gasteiger partial charge in [0.05, 0.1) is 23.2 Å². The van der Waals surface area contributed by atoms with E-state index in [0.717, 1.165) is 27.5 Å². The maximum absolute atomic E-state index is 12.2. The Balaban J connectivity index is 1.41. The van der Waals surface area contributed by atoms with Gasteiger partial charge in [-0.2, -0.15) is 0 Å². The summed E-state index contributed by atoms with van der Waals surface area (Å²) in [6, 6.07) is 11.2. The predicted octanol–water partition coefficient (Wildman–Crippen LogP) is 4.06. The first kappa shape index (κ1) is 21.0. The SMILES string of the molecule is Cc1ccc(NC(=O)CSCC(=O)NC(C)c2nc(-c3cccnc3)cs2)cc1. The number of thioether (sulfide) groups is 1. The number of thiazole rings is 1. The van der Waals surface area contributed by atoms with E-state index in [4.69, 9.17) is 0 Å².